The topological polar surface area (TPSA) is 14.7 Å². The second kappa shape index (κ2) is 28.9. The molecule has 4 nitrogen and oxygen atoms in total. The molecule has 568 valence electrons. The van der Waals surface area contributed by atoms with Crippen molar-refractivity contribution in [1.82, 2.24) is 4.57 Å². The van der Waals surface area contributed by atoms with Crippen molar-refractivity contribution in [1.29, 1.82) is 0 Å². The lowest BCUT2D eigenvalue weighted by atomic mass is 9.88. The van der Waals surface area contributed by atoms with Crippen LogP contribution in [-0.4, -0.2) is 4.57 Å². The summed E-state index contributed by atoms with van der Waals surface area (Å²) in [6.07, 6.45) is 0. The maximum atomic E-state index is 2.68. The Kier molecular flexibility index (Phi) is 16.6. The Labute approximate surface area is 708 Å². The first-order valence-corrected chi connectivity index (χ1v) is 42.1. The van der Waals surface area contributed by atoms with E-state index in [9.17, 15) is 0 Å². The Bertz CT molecular complexity index is 7300. The number of hydrogen-bond acceptors (Lipinski definition) is 3. The molecule has 3 heterocycles. The zero-order valence-corrected chi connectivity index (χ0v) is 66.7. The number of benzene rings is 21. The molecule has 0 atom stereocenters. The predicted octanol–water partition coefficient (Wildman–Crippen LogP) is 33.1. The van der Waals surface area contributed by atoms with Gasteiger partial charge in [-0.1, -0.05) is 376 Å². The van der Waals surface area contributed by atoms with Gasteiger partial charge in [-0.05, 0) is 217 Å². The van der Waals surface area contributed by atoms with Gasteiger partial charge in [0.25, 0.3) is 0 Å². The van der Waals surface area contributed by atoms with E-state index in [-0.39, 0.29) is 0 Å². The molecule has 0 spiro atoms. The predicted molar refractivity (Wildman–Crippen MR) is 516 cm³/mol. The molecule has 0 aliphatic carbocycles. The summed E-state index contributed by atoms with van der Waals surface area (Å²) in [7, 11) is 0. The summed E-state index contributed by atoms with van der Waals surface area (Å²) in [4.78, 5) is 8.02. The van der Waals surface area contributed by atoms with Crippen LogP contribution in [0.3, 0.4) is 0 Å². The average molecular weight is 1550 g/mol. The van der Waals surface area contributed by atoms with Crippen LogP contribution in [0.2, 0.25) is 0 Å². The summed E-state index contributed by atoms with van der Waals surface area (Å²) in [5.74, 6) is 0. The minimum atomic E-state index is 0.998. The molecule has 22 aromatic rings. The van der Waals surface area contributed by atoms with Crippen LogP contribution in [0.1, 0.15) is 0 Å². The van der Waals surface area contributed by atoms with Gasteiger partial charge in [-0.2, -0.15) is 0 Å². The fourth-order valence-corrected chi connectivity index (χ4v) is 19.6. The maximum Gasteiger partial charge on any atom is 0.0949 e. The minimum Gasteiger partial charge on any atom is -0.309 e. The smallest absolute Gasteiger partial charge is 0.0949 e. The van der Waals surface area contributed by atoms with E-state index in [2.05, 4.69) is 480 Å². The quantitative estimate of drug-likeness (QED) is 0.107. The molecule has 0 saturated heterocycles. The van der Waals surface area contributed by atoms with E-state index in [1.807, 2.05) is 0 Å². The third kappa shape index (κ3) is 11.7. The van der Waals surface area contributed by atoms with Gasteiger partial charge in [-0.25, -0.2) is 0 Å². The van der Waals surface area contributed by atoms with E-state index in [0.717, 1.165) is 179 Å². The number of anilines is 9. The summed E-state index contributed by atoms with van der Waals surface area (Å²) in [6.45, 7) is 0. The molecule has 2 aliphatic rings. The normalized spacial score (nSPS) is 12.2. The molecule has 0 radical (unpaired) electrons. The van der Waals surface area contributed by atoms with Crippen molar-refractivity contribution in [3.63, 3.8) is 0 Å². The first-order chi connectivity index (χ1) is 60.5. The second-order valence-corrected chi connectivity index (χ2v) is 32.3. The van der Waals surface area contributed by atoms with Crippen molar-refractivity contribution in [3.05, 3.63) is 461 Å². The average Bonchev–Trinajstić information content (AvgIpc) is 0.905. The highest BCUT2D eigenvalue weighted by molar-refractivity contribution is 6.20. The molecule has 0 amide bonds. The molecular weight excluding hydrogens is 1470 g/mol. The minimum absolute atomic E-state index is 0.998. The van der Waals surface area contributed by atoms with Gasteiger partial charge >= 0.3 is 0 Å². The Hall–Kier alpha value is -16.1. The number of hydrogen-bond donors (Lipinski definition) is 0. The van der Waals surface area contributed by atoms with Crippen LogP contribution in [0, 0.1) is 0 Å². The molecule has 21 aromatic carbocycles. The van der Waals surface area contributed by atoms with Crippen LogP contribution < -0.4 is 14.7 Å². The van der Waals surface area contributed by atoms with E-state index in [0.29, 0.717) is 0 Å². The van der Waals surface area contributed by atoms with Gasteiger partial charge in [0, 0.05) is 33.0 Å². The highest BCUT2D eigenvalue weighted by atomic mass is 15.3. The van der Waals surface area contributed by atoms with E-state index in [1.54, 1.807) is 0 Å². The van der Waals surface area contributed by atoms with Gasteiger partial charge < -0.3 is 19.3 Å². The lowest BCUT2D eigenvalue weighted by Crippen LogP contribution is -2.31. The molecule has 0 unspecified atom stereocenters. The number of aromatic nitrogens is 1. The number of nitrogens with zero attached hydrogens (tertiary/aromatic N) is 4. The van der Waals surface area contributed by atoms with Crippen molar-refractivity contribution >= 4 is 116 Å². The lowest BCUT2D eigenvalue weighted by Gasteiger charge is -2.48. The van der Waals surface area contributed by atoms with Crippen molar-refractivity contribution in [3.8, 4) is 117 Å². The fraction of sp³-hybridized carbons (Fsp3) is 0. The molecule has 0 saturated carbocycles. The Morgan fingerprint density at radius 1 is 0.131 bits per heavy atom. The van der Waals surface area contributed by atoms with Crippen molar-refractivity contribution < 1.29 is 0 Å². The number of fused-ring (bicyclic) bond motifs is 13. The van der Waals surface area contributed by atoms with Gasteiger partial charge in [-0.3, -0.25) is 0 Å². The van der Waals surface area contributed by atoms with Crippen LogP contribution in [0.4, 0.5) is 51.2 Å². The van der Waals surface area contributed by atoms with Crippen LogP contribution in [0.25, 0.3) is 182 Å². The fourth-order valence-electron chi connectivity index (χ4n) is 19.6. The third-order valence-electron chi connectivity index (χ3n) is 25.3. The van der Waals surface area contributed by atoms with E-state index in [4.69, 9.17) is 0 Å². The van der Waals surface area contributed by atoms with E-state index in [1.165, 1.54) is 53.9 Å². The van der Waals surface area contributed by atoms with E-state index < -0.39 is 0 Å². The SMILES string of the molecule is c1ccc(-c2cccc(-c3cccc(-c4cccc(-c5ccccc5)c4)c3N3c4ccc(-c5ccc6ccc7ccccc7c6c5)cc4N4c5cc(-c6ccc7ccc8ccccc8c7c6)ccc5N(c5c(-c6cccc(-c7ccccc7)c6)cccc5-c5cccc(-c6ccccc6)c5)c5cc(-n6c7ccccc7c7ccccc76)cc3c54)c2)cc1. The summed E-state index contributed by atoms with van der Waals surface area (Å²) in [5, 5.41) is 12.0. The molecule has 0 fully saturated rings. The van der Waals surface area contributed by atoms with Crippen molar-refractivity contribution in [2.75, 3.05) is 14.7 Å². The van der Waals surface area contributed by atoms with Crippen molar-refractivity contribution in [2.45, 2.75) is 0 Å². The van der Waals surface area contributed by atoms with Crippen LogP contribution in [0.15, 0.2) is 461 Å². The Balaban J connectivity index is 0.873. The first-order valence-electron chi connectivity index (χ1n) is 42.1. The number of rotatable bonds is 13. The molecular formula is C118H76N4. The molecule has 1 aromatic heterocycles. The van der Waals surface area contributed by atoms with Crippen molar-refractivity contribution in [2.24, 2.45) is 0 Å². The molecule has 0 N–H and O–H groups in total. The van der Waals surface area contributed by atoms with Crippen LogP contribution in [-0.2, 0) is 0 Å². The van der Waals surface area contributed by atoms with Gasteiger partial charge in [0.1, 0.15) is 0 Å². The largest absolute Gasteiger partial charge is 0.309 e. The monoisotopic (exact) mass is 1550 g/mol. The summed E-state index contributed by atoms with van der Waals surface area (Å²) in [6, 6.07) is 173. The highest BCUT2D eigenvalue weighted by Gasteiger charge is 2.43. The van der Waals surface area contributed by atoms with Gasteiger partial charge in [-0.15, -0.1) is 0 Å². The van der Waals surface area contributed by atoms with Crippen LogP contribution >= 0.6 is 0 Å². The Morgan fingerprint density at radius 2 is 0.393 bits per heavy atom. The van der Waals surface area contributed by atoms with Gasteiger partial charge in [0.05, 0.1) is 67.9 Å². The second-order valence-electron chi connectivity index (χ2n) is 32.3. The van der Waals surface area contributed by atoms with Gasteiger partial charge in [0.15, 0.2) is 0 Å². The molecule has 24 rings (SSSR count). The van der Waals surface area contributed by atoms with Crippen LogP contribution in [0.5, 0.6) is 0 Å². The third-order valence-corrected chi connectivity index (χ3v) is 25.3. The van der Waals surface area contributed by atoms with Gasteiger partial charge in [0.2, 0.25) is 0 Å². The van der Waals surface area contributed by atoms with E-state index >= 15 is 0 Å². The number of para-hydroxylation sites is 4. The Morgan fingerprint density at radius 3 is 0.762 bits per heavy atom. The summed E-state index contributed by atoms with van der Waals surface area (Å²) < 4.78 is 2.53. The first kappa shape index (κ1) is 70.1. The highest BCUT2D eigenvalue weighted by Crippen LogP contribution is 2.68. The lowest BCUT2D eigenvalue weighted by molar-refractivity contribution is 1.10. The maximum absolute atomic E-state index is 2.68. The standard InChI is InChI=1S/C118H76N4/c1-5-27-77(28-6-1)85-37-21-41-93(67-85)100-49-25-50-101(94-42-22-38-86(68-94)78-29-7-2-8-30-78)116(100)120-110-65-63-91(89-61-59-83-57-55-81-35-13-15-45-98(81)106(83)71-89)73-112(110)122-113-74-92(90-62-60-84-58-56-82-36-14-16-46-99(82)107(84)72-90)64-66-111(113)121(115-76-97(75-114(120)118(115)122)119-108-53-19-17-47-104(108)105-48-18-20-54-109(105)119)117-102(95-43-23-39-87(69-95)79-31-9-3-10-32-79)51-26-52-103(117)96-44-24-40-88(70-96)80-33-11-4-12-34-80/h1-76H. The molecule has 4 heteroatoms. The summed E-state index contributed by atoms with van der Waals surface area (Å²) >= 11 is 0. The zero-order chi connectivity index (χ0) is 80.3. The zero-order valence-electron chi connectivity index (χ0n) is 66.7. The molecule has 2 aliphatic heterocycles. The summed E-state index contributed by atoms with van der Waals surface area (Å²) in [5.41, 5.74) is 34.7. The molecule has 0 bridgehead atoms. The molecule has 122 heavy (non-hydrogen) atoms.